The standard InChI is InChI=1S/C22H19N5OS/c1-13-6-5-8-16(10-13)26-12-23-19-18(21(26)29)20(28)25-22(24-19)27-14(2)11-15-7-3-4-9-17(15)27/h3-10,12,14H,11H2,1-2H3,(H,24,25,28)/t14-/m0/s1. The lowest BCUT2D eigenvalue weighted by atomic mass is 10.1. The average molecular weight is 401 g/mol. The van der Waals surface area contributed by atoms with Crippen LogP contribution in [0.4, 0.5) is 11.6 Å². The van der Waals surface area contributed by atoms with E-state index >= 15 is 0 Å². The van der Waals surface area contributed by atoms with Crippen molar-refractivity contribution in [3.63, 3.8) is 0 Å². The van der Waals surface area contributed by atoms with Crippen LogP contribution in [0.2, 0.25) is 0 Å². The molecular weight excluding hydrogens is 382 g/mol. The van der Waals surface area contributed by atoms with Gasteiger partial charge in [-0.25, -0.2) is 4.98 Å². The molecule has 0 saturated carbocycles. The fourth-order valence-electron chi connectivity index (χ4n) is 3.99. The molecule has 2 aromatic carbocycles. The van der Waals surface area contributed by atoms with Crippen LogP contribution in [0.5, 0.6) is 0 Å². The third-order valence-corrected chi connectivity index (χ3v) is 5.73. The van der Waals surface area contributed by atoms with E-state index < -0.39 is 0 Å². The topological polar surface area (TPSA) is 66.8 Å². The quantitative estimate of drug-likeness (QED) is 0.509. The van der Waals surface area contributed by atoms with Crippen LogP contribution in [0.25, 0.3) is 16.7 Å². The number of aromatic amines is 1. The first kappa shape index (κ1) is 17.8. The Hall–Kier alpha value is -3.32. The molecular formula is C22H19N5OS. The number of H-pyrrole nitrogens is 1. The number of nitrogens with one attached hydrogen (secondary N) is 1. The molecule has 7 heteroatoms. The van der Waals surface area contributed by atoms with E-state index in [0.29, 0.717) is 21.6 Å². The van der Waals surface area contributed by atoms with Crippen molar-refractivity contribution in [1.82, 2.24) is 19.5 Å². The molecule has 0 bridgehead atoms. The van der Waals surface area contributed by atoms with Crippen molar-refractivity contribution in [1.29, 1.82) is 0 Å². The summed E-state index contributed by atoms with van der Waals surface area (Å²) in [6, 6.07) is 16.3. The second kappa shape index (κ2) is 6.63. The molecule has 1 N–H and O–H groups in total. The van der Waals surface area contributed by atoms with Gasteiger partial charge in [0.15, 0.2) is 5.65 Å². The van der Waals surface area contributed by atoms with Crippen LogP contribution >= 0.6 is 12.2 Å². The first-order valence-corrected chi connectivity index (χ1v) is 9.89. The van der Waals surface area contributed by atoms with Gasteiger partial charge in [0.25, 0.3) is 5.56 Å². The lowest BCUT2D eigenvalue weighted by Gasteiger charge is -2.23. The molecule has 29 heavy (non-hydrogen) atoms. The number of fused-ring (bicyclic) bond motifs is 2. The van der Waals surface area contributed by atoms with E-state index in [1.165, 1.54) is 5.56 Å². The molecule has 0 spiro atoms. The third kappa shape index (κ3) is 2.86. The summed E-state index contributed by atoms with van der Waals surface area (Å²) in [6.45, 7) is 4.13. The summed E-state index contributed by atoms with van der Waals surface area (Å²) in [4.78, 5) is 27.1. The molecule has 0 fully saturated rings. The minimum atomic E-state index is -0.277. The highest BCUT2D eigenvalue weighted by Gasteiger charge is 2.29. The Morgan fingerprint density at radius 2 is 2.00 bits per heavy atom. The number of para-hydroxylation sites is 1. The maximum atomic E-state index is 13.0. The smallest absolute Gasteiger partial charge is 0.264 e. The summed E-state index contributed by atoms with van der Waals surface area (Å²) in [5.41, 5.74) is 4.36. The highest BCUT2D eigenvalue weighted by molar-refractivity contribution is 7.71. The van der Waals surface area contributed by atoms with Gasteiger partial charge < -0.3 is 4.90 Å². The van der Waals surface area contributed by atoms with Crippen molar-refractivity contribution < 1.29 is 0 Å². The normalized spacial score (nSPS) is 15.7. The molecule has 2 aromatic heterocycles. The van der Waals surface area contributed by atoms with Crippen molar-refractivity contribution in [2.75, 3.05) is 4.90 Å². The van der Waals surface area contributed by atoms with E-state index in [2.05, 4.69) is 32.8 Å². The maximum Gasteiger partial charge on any atom is 0.264 e. The number of rotatable bonds is 2. The van der Waals surface area contributed by atoms with E-state index in [4.69, 9.17) is 12.2 Å². The maximum absolute atomic E-state index is 13.0. The van der Waals surface area contributed by atoms with Gasteiger partial charge in [-0.3, -0.25) is 14.3 Å². The Bertz CT molecular complexity index is 1370. The van der Waals surface area contributed by atoms with Crippen molar-refractivity contribution in [2.45, 2.75) is 26.3 Å². The Morgan fingerprint density at radius 1 is 1.17 bits per heavy atom. The molecule has 0 aliphatic carbocycles. The van der Waals surface area contributed by atoms with E-state index in [1.807, 2.05) is 49.4 Å². The van der Waals surface area contributed by atoms with Crippen molar-refractivity contribution >= 4 is 34.9 Å². The van der Waals surface area contributed by atoms with Gasteiger partial charge in [-0.05, 0) is 49.6 Å². The number of benzene rings is 2. The number of hydrogen-bond donors (Lipinski definition) is 1. The fraction of sp³-hybridized carbons (Fsp3) is 0.182. The number of nitrogens with zero attached hydrogens (tertiary/aromatic N) is 4. The molecule has 1 atom stereocenters. The third-order valence-electron chi connectivity index (χ3n) is 5.33. The second-order valence-corrected chi connectivity index (χ2v) is 7.79. The highest BCUT2D eigenvalue weighted by Crippen LogP contribution is 2.36. The monoisotopic (exact) mass is 401 g/mol. The van der Waals surface area contributed by atoms with Crippen molar-refractivity contribution in [3.8, 4) is 5.69 Å². The second-order valence-electron chi connectivity index (χ2n) is 7.40. The zero-order valence-corrected chi connectivity index (χ0v) is 16.9. The van der Waals surface area contributed by atoms with E-state index in [9.17, 15) is 4.79 Å². The predicted molar refractivity (Wildman–Crippen MR) is 117 cm³/mol. The fourth-order valence-corrected chi connectivity index (χ4v) is 4.32. The number of hydrogen-bond acceptors (Lipinski definition) is 5. The molecule has 6 nitrogen and oxygen atoms in total. The molecule has 0 saturated heterocycles. The van der Waals surface area contributed by atoms with Gasteiger partial charge in [-0.15, -0.1) is 0 Å². The predicted octanol–water partition coefficient (Wildman–Crippen LogP) is 4.23. The van der Waals surface area contributed by atoms with Crippen LogP contribution in [0.1, 0.15) is 18.1 Å². The largest absolute Gasteiger partial charge is 0.309 e. The van der Waals surface area contributed by atoms with Crippen molar-refractivity contribution in [3.05, 3.63) is 81.0 Å². The number of anilines is 2. The Kier molecular flexibility index (Phi) is 4.06. The summed E-state index contributed by atoms with van der Waals surface area (Å²) < 4.78 is 2.14. The summed E-state index contributed by atoms with van der Waals surface area (Å²) in [6.07, 6.45) is 2.54. The van der Waals surface area contributed by atoms with Gasteiger partial charge in [-0.2, -0.15) is 4.98 Å². The van der Waals surface area contributed by atoms with Crippen LogP contribution in [0.3, 0.4) is 0 Å². The summed E-state index contributed by atoms with van der Waals surface area (Å²) >= 11 is 5.62. The molecule has 5 rings (SSSR count). The van der Waals surface area contributed by atoms with Gasteiger partial charge in [0, 0.05) is 17.4 Å². The van der Waals surface area contributed by atoms with Gasteiger partial charge in [0.1, 0.15) is 16.4 Å². The van der Waals surface area contributed by atoms with Gasteiger partial charge in [-0.1, -0.05) is 42.5 Å². The Labute approximate surface area is 172 Å². The molecule has 1 aliphatic heterocycles. The number of aryl methyl sites for hydroxylation is 1. The van der Waals surface area contributed by atoms with Crippen LogP contribution in [0.15, 0.2) is 59.7 Å². The first-order valence-electron chi connectivity index (χ1n) is 9.49. The Balaban J connectivity index is 1.68. The zero-order chi connectivity index (χ0) is 20.1. The van der Waals surface area contributed by atoms with Gasteiger partial charge in [0.2, 0.25) is 5.95 Å². The molecule has 0 unspecified atom stereocenters. The van der Waals surface area contributed by atoms with Crippen LogP contribution in [-0.4, -0.2) is 25.6 Å². The van der Waals surface area contributed by atoms with Crippen LogP contribution < -0.4 is 10.5 Å². The molecule has 1 aliphatic rings. The van der Waals surface area contributed by atoms with Crippen LogP contribution in [0, 0.1) is 11.6 Å². The molecule has 4 aromatic rings. The molecule has 0 amide bonds. The van der Waals surface area contributed by atoms with Gasteiger partial charge in [0.05, 0.1) is 0 Å². The van der Waals surface area contributed by atoms with Gasteiger partial charge >= 0.3 is 0 Å². The van der Waals surface area contributed by atoms with Crippen LogP contribution in [-0.2, 0) is 6.42 Å². The molecule has 3 heterocycles. The highest BCUT2D eigenvalue weighted by atomic mass is 32.1. The lowest BCUT2D eigenvalue weighted by Crippen LogP contribution is -2.28. The minimum absolute atomic E-state index is 0.192. The van der Waals surface area contributed by atoms with E-state index in [0.717, 1.165) is 23.4 Å². The Morgan fingerprint density at radius 3 is 2.83 bits per heavy atom. The SMILES string of the molecule is Cc1cccc(-n2cnc3nc(N4c5ccccc5C[C@@H]4C)[nH]c(=O)c3c2=S)c1. The summed E-state index contributed by atoms with van der Waals surface area (Å²) in [7, 11) is 0. The minimum Gasteiger partial charge on any atom is -0.309 e. The summed E-state index contributed by atoms with van der Waals surface area (Å²) in [5, 5.41) is 0.327. The zero-order valence-electron chi connectivity index (χ0n) is 16.1. The van der Waals surface area contributed by atoms with Crippen molar-refractivity contribution in [2.24, 2.45) is 0 Å². The molecule has 0 radical (unpaired) electrons. The van der Waals surface area contributed by atoms with E-state index in [1.54, 1.807) is 10.9 Å². The van der Waals surface area contributed by atoms with E-state index in [-0.39, 0.29) is 11.6 Å². The lowest BCUT2D eigenvalue weighted by molar-refractivity contribution is 0.739. The first-order chi connectivity index (χ1) is 14.0. The average Bonchev–Trinajstić information content (AvgIpc) is 3.03. The summed E-state index contributed by atoms with van der Waals surface area (Å²) in [5.74, 6) is 0.496. The molecule has 144 valence electrons. The number of aromatic nitrogens is 4.